The Hall–Kier alpha value is -3.12. The number of nitrogens with zero attached hydrogens (tertiary/aromatic N) is 1. The van der Waals surface area contributed by atoms with Gasteiger partial charge in [-0.05, 0) is 24.6 Å². The van der Waals surface area contributed by atoms with Crippen LogP contribution in [0.4, 0.5) is 0 Å². The fourth-order valence-electron chi connectivity index (χ4n) is 2.77. The molecule has 0 fully saturated rings. The average Bonchev–Trinajstić information content (AvgIpc) is 3.21. The maximum Gasteiger partial charge on any atom is 0.220 e. The second-order valence-corrected chi connectivity index (χ2v) is 6.75. The molecule has 6 heteroatoms. The summed E-state index contributed by atoms with van der Waals surface area (Å²) in [4.78, 5) is 16.5. The lowest BCUT2D eigenvalue weighted by Crippen LogP contribution is -2.23. The Balaban J connectivity index is 1.44. The van der Waals surface area contributed by atoms with Crippen LogP contribution >= 0.6 is 0 Å². The van der Waals surface area contributed by atoms with Gasteiger partial charge in [0.2, 0.25) is 5.91 Å². The van der Waals surface area contributed by atoms with Crippen molar-refractivity contribution in [3.63, 3.8) is 0 Å². The third-order valence-electron chi connectivity index (χ3n) is 4.40. The van der Waals surface area contributed by atoms with Gasteiger partial charge in [0.25, 0.3) is 0 Å². The van der Waals surface area contributed by atoms with E-state index in [4.69, 9.17) is 13.9 Å². The Morgan fingerprint density at radius 2 is 1.97 bits per heavy atom. The number of benzene rings is 2. The van der Waals surface area contributed by atoms with Gasteiger partial charge in [-0.15, -0.1) is 0 Å². The molecule has 0 atom stereocenters. The molecule has 29 heavy (non-hydrogen) atoms. The number of nitrogens with one attached hydrogen (secondary N) is 1. The summed E-state index contributed by atoms with van der Waals surface area (Å²) >= 11 is 0. The normalized spacial score (nSPS) is 10.7. The molecule has 0 aliphatic rings. The summed E-state index contributed by atoms with van der Waals surface area (Å²) in [7, 11) is 1.64. The van der Waals surface area contributed by atoms with Gasteiger partial charge in [0.05, 0.1) is 12.8 Å². The van der Waals surface area contributed by atoms with Crippen LogP contribution in [0.1, 0.15) is 23.4 Å². The van der Waals surface area contributed by atoms with Gasteiger partial charge in [0.1, 0.15) is 12.4 Å². The average molecular weight is 394 g/mol. The molecule has 1 amide bonds. The molecule has 0 aliphatic carbocycles. The monoisotopic (exact) mass is 394 g/mol. The number of rotatable bonds is 10. The van der Waals surface area contributed by atoms with Crippen molar-refractivity contribution in [1.29, 1.82) is 0 Å². The molecule has 1 heterocycles. The highest BCUT2D eigenvalue weighted by Crippen LogP contribution is 2.21. The zero-order valence-electron chi connectivity index (χ0n) is 16.8. The van der Waals surface area contributed by atoms with E-state index in [0.29, 0.717) is 44.3 Å². The summed E-state index contributed by atoms with van der Waals surface area (Å²) in [6, 6.07) is 15.7. The van der Waals surface area contributed by atoms with E-state index < -0.39 is 0 Å². The fourth-order valence-corrected chi connectivity index (χ4v) is 2.77. The first-order valence-electron chi connectivity index (χ1n) is 9.63. The largest absolute Gasteiger partial charge is 0.491 e. The first-order valence-corrected chi connectivity index (χ1v) is 9.63. The molecule has 0 radical (unpaired) electrons. The van der Waals surface area contributed by atoms with Crippen LogP contribution in [0.25, 0.3) is 11.3 Å². The van der Waals surface area contributed by atoms with Gasteiger partial charge in [0.15, 0.2) is 11.7 Å². The van der Waals surface area contributed by atoms with E-state index in [2.05, 4.69) is 10.3 Å². The van der Waals surface area contributed by atoms with Crippen molar-refractivity contribution >= 4 is 5.91 Å². The van der Waals surface area contributed by atoms with Crippen LogP contribution in [0.5, 0.6) is 5.75 Å². The number of carbonyl (C=O) groups excluding carboxylic acids is 1. The van der Waals surface area contributed by atoms with Crippen molar-refractivity contribution in [1.82, 2.24) is 10.3 Å². The molecule has 0 bridgehead atoms. The van der Waals surface area contributed by atoms with E-state index in [1.54, 1.807) is 13.3 Å². The number of ether oxygens (including phenoxy) is 2. The highest BCUT2D eigenvalue weighted by atomic mass is 16.5. The molecular formula is C23H26N2O4. The van der Waals surface area contributed by atoms with Gasteiger partial charge in [-0.3, -0.25) is 4.79 Å². The predicted molar refractivity (Wildman–Crippen MR) is 111 cm³/mol. The lowest BCUT2D eigenvalue weighted by Gasteiger charge is -2.08. The summed E-state index contributed by atoms with van der Waals surface area (Å²) in [6.07, 6.45) is 2.47. The first kappa shape index (κ1) is 20.6. The summed E-state index contributed by atoms with van der Waals surface area (Å²) in [5.41, 5.74) is 3.15. The third-order valence-corrected chi connectivity index (χ3v) is 4.40. The Morgan fingerprint density at radius 3 is 2.76 bits per heavy atom. The van der Waals surface area contributed by atoms with E-state index in [1.807, 2.05) is 55.5 Å². The Kier molecular flexibility index (Phi) is 7.41. The summed E-state index contributed by atoms with van der Waals surface area (Å²) in [5, 5.41) is 2.92. The van der Waals surface area contributed by atoms with Gasteiger partial charge in [-0.1, -0.05) is 42.0 Å². The zero-order valence-corrected chi connectivity index (χ0v) is 16.8. The minimum atomic E-state index is -0.0502. The molecule has 2 aromatic carbocycles. The van der Waals surface area contributed by atoms with Crippen LogP contribution in [0.15, 0.2) is 59.1 Å². The molecular weight excluding hydrogens is 368 g/mol. The zero-order chi connectivity index (χ0) is 20.5. The molecule has 0 spiro atoms. The fraction of sp³-hybridized carbons (Fsp3) is 0.304. The lowest BCUT2D eigenvalue weighted by atomic mass is 10.1. The summed E-state index contributed by atoms with van der Waals surface area (Å²) < 4.78 is 16.3. The molecule has 0 saturated carbocycles. The molecule has 1 N–H and O–H groups in total. The maximum absolute atomic E-state index is 12.2. The number of methoxy groups -OCH3 is 1. The number of oxazole rings is 1. The minimum absolute atomic E-state index is 0.0502. The third kappa shape index (κ3) is 6.47. The Labute approximate surface area is 170 Å². The van der Waals surface area contributed by atoms with Crippen LogP contribution in [-0.2, 0) is 22.5 Å². The number of amides is 1. The number of aryl methyl sites for hydroxylation is 2. The number of carbonyl (C=O) groups is 1. The molecule has 0 unspecified atom stereocenters. The van der Waals surface area contributed by atoms with Crippen molar-refractivity contribution in [3.05, 3.63) is 71.7 Å². The minimum Gasteiger partial charge on any atom is -0.491 e. The summed E-state index contributed by atoms with van der Waals surface area (Å²) in [6.45, 7) is 3.51. The second kappa shape index (κ2) is 10.4. The summed E-state index contributed by atoms with van der Waals surface area (Å²) in [5.74, 6) is 1.98. The molecule has 0 saturated heterocycles. The van der Waals surface area contributed by atoms with Crippen LogP contribution in [-0.4, -0.2) is 31.2 Å². The molecule has 6 nitrogen and oxygen atoms in total. The van der Waals surface area contributed by atoms with Crippen LogP contribution in [0.2, 0.25) is 0 Å². The van der Waals surface area contributed by atoms with Gasteiger partial charge in [0, 0.05) is 32.1 Å². The van der Waals surface area contributed by atoms with E-state index in [-0.39, 0.29) is 5.91 Å². The van der Waals surface area contributed by atoms with Gasteiger partial charge in [-0.25, -0.2) is 4.98 Å². The quantitative estimate of drug-likeness (QED) is 0.528. The smallest absolute Gasteiger partial charge is 0.220 e. The van der Waals surface area contributed by atoms with Gasteiger partial charge < -0.3 is 19.2 Å². The van der Waals surface area contributed by atoms with E-state index in [9.17, 15) is 4.79 Å². The predicted octanol–water partition coefficient (Wildman–Crippen LogP) is 3.92. The Bertz CT molecular complexity index is 919. The maximum atomic E-state index is 12.2. The van der Waals surface area contributed by atoms with Crippen LogP contribution in [0.3, 0.4) is 0 Å². The van der Waals surface area contributed by atoms with Crippen molar-refractivity contribution in [2.45, 2.75) is 26.3 Å². The van der Waals surface area contributed by atoms with Gasteiger partial charge >= 0.3 is 0 Å². The second-order valence-electron chi connectivity index (χ2n) is 6.75. The molecule has 1 aromatic heterocycles. The van der Waals surface area contributed by atoms with Crippen molar-refractivity contribution in [2.75, 3.05) is 20.3 Å². The Morgan fingerprint density at radius 1 is 1.14 bits per heavy atom. The van der Waals surface area contributed by atoms with Gasteiger partial charge in [-0.2, -0.15) is 0 Å². The van der Waals surface area contributed by atoms with Crippen molar-refractivity contribution < 1.29 is 18.7 Å². The van der Waals surface area contributed by atoms with E-state index >= 15 is 0 Å². The van der Waals surface area contributed by atoms with E-state index in [1.165, 1.54) is 5.56 Å². The first-order chi connectivity index (χ1) is 14.1. The molecule has 3 aromatic rings. The molecule has 3 rings (SSSR count). The number of aromatic nitrogens is 1. The van der Waals surface area contributed by atoms with Crippen molar-refractivity contribution in [3.8, 4) is 17.1 Å². The molecule has 152 valence electrons. The number of hydrogen-bond acceptors (Lipinski definition) is 5. The lowest BCUT2D eigenvalue weighted by molar-refractivity contribution is -0.121. The number of hydrogen-bond donors (Lipinski definition) is 1. The van der Waals surface area contributed by atoms with Crippen LogP contribution in [0, 0.1) is 6.92 Å². The topological polar surface area (TPSA) is 73.6 Å². The highest BCUT2D eigenvalue weighted by Gasteiger charge is 2.09. The standard InChI is InChI=1S/C23H26N2O4/c1-17-6-8-19(9-7-17)21-16-25-23(29-21)11-10-22(26)24-15-18-4-3-5-20(14-18)28-13-12-27-2/h3-9,14,16H,10-13,15H2,1-2H3,(H,24,26). The highest BCUT2D eigenvalue weighted by molar-refractivity contribution is 5.76. The molecule has 0 aliphatic heterocycles. The van der Waals surface area contributed by atoms with Crippen LogP contribution < -0.4 is 10.1 Å². The van der Waals surface area contributed by atoms with Crippen molar-refractivity contribution in [2.24, 2.45) is 0 Å². The SMILES string of the molecule is COCCOc1cccc(CNC(=O)CCc2ncc(-c3ccc(C)cc3)o2)c1. The van der Waals surface area contributed by atoms with E-state index in [0.717, 1.165) is 16.9 Å².